The van der Waals surface area contributed by atoms with E-state index in [1.165, 1.54) is 22.4 Å². The molecule has 18 heavy (non-hydrogen) atoms. The molecule has 1 rings (SSSR count). The molecular weight excluding hydrogens is 224 g/mol. The lowest BCUT2D eigenvalue weighted by Crippen LogP contribution is -2.41. The fraction of sp³-hybridized carbons (Fsp3) is 0.600. The maximum Gasteiger partial charge on any atom is 0.122 e. The molecule has 0 aliphatic carbocycles. The van der Waals surface area contributed by atoms with E-state index >= 15 is 0 Å². The van der Waals surface area contributed by atoms with Gasteiger partial charge in [-0.25, -0.2) is 0 Å². The molecule has 0 aliphatic rings. The molecule has 0 heterocycles. The Hall–Kier alpha value is -1.22. The van der Waals surface area contributed by atoms with E-state index in [1.54, 1.807) is 7.11 Å². The molecule has 0 unspecified atom stereocenters. The van der Waals surface area contributed by atoms with E-state index in [1.807, 2.05) is 7.05 Å². The molecule has 0 atom stereocenters. The first kappa shape index (κ1) is 14.8. The minimum absolute atomic E-state index is 0.0191. The molecule has 1 aromatic rings. The van der Waals surface area contributed by atoms with E-state index in [-0.39, 0.29) is 5.54 Å². The van der Waals surface area contributed by atoms with Crippen molar-refractivity contribution in [3.63, 3.8) is 0 Å². The molecule has 3 heteroatoms. The molecule has 102 valence electrons. The lowest BCUT2D eigenvalue weighted by molar-refractivity contribution is 0.411. The Morgan fingerprint density at radius 1 is 1.17 bits per heavy atom. The normalized spacial score (nSPS) is 11.5. The van der Waals surface area contributed by atoms with Gasteiger partial charge in [-0.1, -0.05) is 0 Å². The first-order valence-corrected chi connectivity index (χ1v) is 6.40. The van der Waals surface area contributed by atoms with Gasteiger partial charge in [0.1, 0.15) is 5.75 Å². The van der Waals surface area contributed by atoms with Crippen LogP contribution in [0.5, 0.6) is 5.75 Å². The van der Waals surface area contributed by atoms with E-state index in [0.29, 0.717) is 0 Å². The summed E-state index contributed by atoms with van der Waals surface area (Å²) in [6.45, 7) is 11.7. The molecular formula is C15H26N2O. The van der Waals surface area contributed by atoms with Gasteiger partial charge in [-0.3, -0.25) is 0 Å². The maximum absolute atomic E-state index is 5.40. The molecule has 0 bridgehead atoms. The Morgan fingerprint density at radius 3 is 2.28 bits per heavy atom. The molecule has 1 aromatic carbocycles. The highest BCUT2D eigenvalue weighted by molar-refractivity contribution is 5.64. The van der Waals surface area contributed by atoms with Gasteiger partial charge >= 0.3 is 0 Å². The van der Waals surface area contributed by atoms with Gasteiger partial charge in [0.25, 0.3) is 0 Å². The number of ether oxygens (including phenoxy) is 1. The zero-order valence-electron chi connectivity index (χ0n) is 12.7. The maximum atomic E-state index is 5.40. The van der Waals surface area contributed by atoms with Gasteiger partial charge in [0.2, 0.25) is 0 Å². The third kappa shape index (κ3) is 3.16. The minimum Gasteiger partial charge on any atom is -0.496 e. The summed E-state index contributed by atoms with van der Waals surface area (Å²) in [5.41, 5.74) is 4.92. The van der Waals surface area contributed by atoms with Gasteiger partial charge in [0.15, 0.2) is 0 Å². The highest BCUT2D eigenvalue weighted by Gasteiger charge is 2.19. The number of nitrogens with one attached hydrogen (secondary N) is 2. The van der Waals surface area contributed by atoms with Crippen LogP contribution in [0, 0.1) is 20.8 Å². The van der Waals surface area contributed by atoms with Crippen molar-refractivity contribution in [3.05, 3.63) is 22.8 Å². The van der Waals surface area contributed by atoms with Crippen molar-refractivity contribution in [1.82, 2.24) is 5.32 Å². The molecule has 0 aliphatic heterocycles. The monoisotopic (exact) mass is 250 g/mol. The average molecular weight is 250 g/mol. The summed E-state index contributed by atoms with van der Waals surface area (Å²) in [6, 6.07) is 2.10. The summed E-state index contributed by atoms with van der Waals surface area (Å²) in [4.78, 5) is 0. The van der Waals surface area contributed by atoms with Gasteiger partial charge in [-0.15, -0.1) is 0 Å². The predicted molar refractivity (Wildman–Crippen MR) is 78.8 cm³/mol. The van der Waals surface area contributed by atoms with Crippen molar-refractivity contribution < 1.29 is 4.74 Å². The van der Waals surface area contributed by atoms with Crippen LogP contribution in [-0.2, 0) is 0 Å². The minimum atomic E-state index is 0.0191. The highest BCUT2D eigenvalue weighted by Crippen LogP contribution is 2.32. The van der Waals surface area contributed by atoms with Crippen LogP contribution in [0.4, 0.5) is 5.69 Å². The van der Waals surface area contributed by atoms with Crippen molar-refractivity contribution in [2.24, 2.45) is 0 Å². The second kappa shape index (κ2) is 5.61. The Morgan fingerprint density at radius 2 is 1.78 bits per heavy atom. The van der Waals surface area contributed by atoms with Crippen molar-refractivity contribution in [1.29, 1.82) is 0 Å². The molecule has 3 nitrogen and oxygen atoms in total. The number of aryl methyl sites for hydroxylation is 1. The number of benzene rings is 1. The standard InChI is InChI=1S/C15H26N2O/c1-10-8-13(18-7)11(2)12(3)14(10)17-15(4,5)9-16-6/h8,16-17H,9H2,1-7H3. The lowest BCUT2D eigenvalue weighted by atomic mass is 9.98. The largest absolute Gasteiger partial charge is 0.496 e. The fourth-order valence-corrected chi connectivity index (χ4v) is 2.27. The third-order valence-corrected chi connectivity index (χ3v) is 3.35. The van der Waals surface area contributed by atoms with E-state index in [2.05, 4.69) is 51.3 Å². The Balaban J connectivity index is 3.14. The van der Waals surface area contributed by atoms with E-state index < -0.39 is 0 Å². The van der Waals surface area contributed by atoms with E-state index in [0.717, 1.165) is 12.3 Å². The third-order valence-electron chi connectivity index (χ3n) is 3.35. The first-order valence-electron chi connectivity index (χ1n) is 6.40. The topological polar surface area (TPSA) is 33.3 Å². The number of hydrogen-bond donors (Lipinski definition) is 2. The number of likely N-dealkylation sites (N-methyl/N-ethyl adjacent to an activating group) is 1. The first-order chi connectivity index (χ1) is 8.32. The SMILES string of the molecule is CNCC(C)(C)Nc1c(C)cc(OC)c(C)c1C. The zero-order valence-corrected chi connectivity index (χ0v) is 12.7. The molecule has 0 saturated heterocycles. The number of anilines is 1. The van der Waals surface area contributed by atoms with Gasteiger partial charge in [-0.05, 0) is 64.4 Å². The van der Waals surface area contributed by atoms with Gasteiger partial charge in [0.05, 0.1) is 7.11 Å². The Kier molecular flexibility index (Phi) is 4.63. The Labute approximate surface area is 111 Å². The summed E-state index contributed by atoms with van der Waals surface area (Å²) in [7, 11) is 3.70. The van der Waals surface area contributed by atoms with Crippen LogP contribution in [-0.4, -0.2) is 26.2 Å². The van der Waals surface area contributed by atoms with Crippen molar-refractivity contribution in [2.75, 3.05) is 26.0 Å². The van der Waals surface area contributed by atoms with Crippen LogP contribution < -0.4 is 15.4 Å². The van der Waals surface area contributed by atoms with Crippen molar-refractivity contribution >= 4 is 5.69 Å². The molecule has 0 aromatic heterocycles. The summed E-state index contributed by atoms with van der Waals surface area (Å²) < 4.78 is 5.40. The smallest absolute Gasteiger partial charge is 0.122 e. The second-order valence-electron chi connectivity index (χ2n) is 5.56. The van der Waals surface area contributed by atoms with E-state index in [4.69, 9.17) is 4.74 Å². The number of hydrogen-bond acceptors (Lipinski definition) is 3. The molecule has 0 fully saturated rings. The van der Waals surface area contributed by atoms with Gasteiger partial charge in [-0.2, -0.15) is 0 Å². The Bertz CT molecular complexity index is 425. The van der Waals surface area contributed by atoms with E-state index in [9.17, 15) is 0 Å². The average Bonchev–Trinajstić information content (AvgIpc) is 2.29. The van der Waals surface area contributed by atoms with Crippen molar-refractivity contribution in [3.8, 4) is 5.75 Å². The summed E-state index contributed by atoms with van der Waals surface area (Å²) in [6.07, 6.45) is 0. The van der Waals surface area contributed by atoms with Crippen LogP contribution >= 0.6 is 0 Å². The summed E-state index contributed by atoms with van der Waals surface area (Å²) in [5, 5.41) is 6.85. The molecule has 2 N–H and O–H groups in total. The highest BCUT2D eigenvalue weighted by atomic mass is 16.5. The second-order valence-corrected chi connectivity index (χ2v) is 5.56. The van der Waals surface area contributed by atoms with Crippen LogP contribution in [0.1, 0.15) is 30.5 Å². The summed E-state index contributed by atoms with van der Waals surface area (Å²) >= 11 is 0. The van der Waals surface area contributed by atoms with Crippen LogP contribution in [0.2, 0.25) is 0 Å². The predicted octanol–water partition coefficient (Wildman–Crippen LogP) is 3.03. The zero-order chi connectivity index (χ0) is 13.9. The fourth-order valence-electron chi connectivity index (χ4n) is 2.27. The molecule has 0 amide bonds. The lowest BCUT2D eigenvalue weighted by Gasteiger charge is -2.30. The molecule has 0 saturated carbocycles. The van der Waals surface area contributed by atoms with Crippen LogP contribution in [0.25, 0.3) is 0 Å². The summed E-state index contributed by atoms with van der Waals surface area (Å²) in [5.74, 6) is 0.960. The number of methoxy groups -OCH3 is 1. The number of rotatable bonds is 5. The molecule has 0 radical (unpaired) electrons. The van der Waals surface area contributed by atoms with Gasteiger partial charge < -0.3 is 15.4 Å². The van der Waals surface area contributed by atoms with Crippen LogP contribution in [0.3, 0.4) is 0 Å². The molecule has 0 spiro atoms. The van der Waals surface area contributed by atoms with Gasteiger partial charge in [0, 0.05) is 17.8 Å². The van der Waals surface area contributed by atoms with Crippen LogP contribution in [0.15, 0.2) is 6.07 Å². The van der Waals surface area contributed by atoms with Crippen molar-refractivity contribution in [2.45, 2.75) is 40.2 Å². The quantitative estimate of drug-likeness (QED) is 0.842.